The summed E-state index contributed by atoms with van der Waals surface area (Å²) in [5.74, 6) is -0.357. The van der Waals surface area contributed by atoms with Crippen LogP contribution in [0, 0.1) is 0 Å². The molecule has 2 heterocycles. The zero-order valence-corrected chi connectivity index (χ0v) is 14.1. The Labute approximate surface area is 145 Å². The van der Waals surface area contributed by atoms with Crippen LogP contribution in [0.4, 0.5) is 4.79 Å². The molecule has 0 aliphatic carbocycles. The van der Waals surface area contributed by atoms with E-state index in [1.54, 1.807) is 4.90 Å². The lowest BCUT2D eigenvalue weighted by Gasteiger charge is -2.31. The fourth-order valence-corrected chi connectivity index (χ4v) is 3.19. The van der Waals surface area contributed by atoms with Crippen LogP contribution in [0.5, 0.6) is 0 Å². The van der Waals surface area contributed by atoms with Crippen LogP contribution >= 0.6 is 0 Å². The summed E-state index contributed by atoms with van der Waals surface area (Å²) in [6.45, 7) is 0.952. The van der Waals surface area contributed by atoms with Gasteiger partial charge >= 0.3 is 12.0 Å². The molecule has 7 heteroatoms. The van der Waals surface area contributed by atoms with E-state index in [1.165, 1.54) is 7.11 Å². The summed E-state index contributed by atoms with van der Waals surface area (Å²) in [7, 11) is 1.28. The number of ether oxygens (including phenoxy) is 1. The normalized spacial score (nSPS) is 15.2. The molecule has 2 amide bonds. The van der Waals surface area contributed by atoms with Crippen molar-refractivity contribution in [3.8, 4) is 0 Å². The number of carbonyl (C=O) groups excluding carboxylic acids is 2. The maximum absolute atomic E-state index is 12.4. The van der Waals surface area contributed by atoms with Crippen molar-refractivity contribution in [3.05, 3.63) is 46.2 Å². The van der Waals surface area contributed by atoms with Crippen LogP contribution in [-0.4, -0.2) is 48.6 Å². The number of esters is 1. The molecule has 25 heavy (non-hydrogen) atoms. The van der Waals surface area contributed by atoms with Crippen molar-refractivity contribution in [3.63, 3.8) is 0 Å². The third-order valence-electron chi connectivity index (χ3n) is 4.62. The van der Waals surface area contributed by atoms with Gasteiger partial charge in [0.1, 0.15) is 6.54 Å². The van der Waals surface area contributed by atoms with Crippen molar-refractivity contribution in [2.45, 2.75) is 18.8 Å². The van der Waals surface area contributed by atoms with Gasteiger partial charge in [-0.25, -0.2) is 4.79 Å². The molecule has 1 fully saturated rings. The van der Waals surface area contributed by atoms with Gasteiger partial charge in [0, 0.05) is 24.2 Å². The van der Waals surface area contributed by atoms with Gasteiger partial charge in [0.15, 0.2) is 0 Å². The number of likely N-dealkylation sites (tertiary alicyclic amines) is 1. The number of pyridine rings is 1. The number of carbonyl (C=O) groups is 2. The molecule has 2 aromatic rings. The molecule has 0 bridgehead atoms. The third-order valence-corrected chi connectivity index (χ3v) is 4.62. The predicted octanol–water partition coefficient (Wildman–Crippen LogP) is 1.59. The first-order valence-corrected chi connectivity index (χ1v) is 8.30. The molecule has 0 radical (unpaired) electrons. The minimum Gasteiger partial charge on any atom is -0.468 e. The highest BCUT2D eigenvalue weighted by atomic mass is 16.5. The van der Waals surface area contributed by atoms with Crippen LogP contribution in [0.25, 0.3) is 10.9 Å². The Bertz CT molecular complexity index is 838. The van der Waals surface area contributed by atoms with Crippen LogP contribution in [-0.2, 0) is 9.53 Å². The Morgan fingerprint density at radius 1 is 1.28 bits per heavy atom. The Morgan fingerprint density at radius 3 is 2.72 bits per heavy atom. The molecule has 1 aromatic carbocycles. The van der Waals surface area contributed by atoms with E-state index in [0.29, 0.717) is 25.9 Å². The number of amides is 2. The number of methoxy groups -OCH3 is 1. The molecule has 132 valence electrons. The Hall–Kier alpha value is -2.83. The van der Waals surface area contributed by atoms with Crippen LogP contribution in [0.2, 0.25) is 0 Å². The van der Waals surface area contributed by atoms with E-state index in [-0.39, 0.29) is 24.1 Å². The lowest BCUT2D eigenvalue weighted by atomic mass is 9.89. The minimum atomic E-state index is -0.481. The first-order valence-electron chi connectivity index (χ1n) is 8.30. The second-order valence-electron chi connectivity index (χ2n) is 6.14. The summed E-state index contributed by atoms with van der Waals surface area (Å²) in [5.41, 5.74) is 1.54. The lowest BCUT2D eigenvalue weighted by Crippen LogP contribution is -2.46. The Morgan fingerprint density at radius 2 is 2.00 bits per heavy atom. The van der Waals surface area contributed by atoms with Crippen LogP contribution in [0.1, 0.15) is 24.3 Å². The quantitative estimate of drug-likeness (QED) is 0.828. The first-order chi connectivity index (χ1) is 12.1. The van der Waals surface area contributed by atoms with Gasteiger partial charge in [-0.1, -0.05) is 18.2 Å². The maximum Gasteiger partial charge on any atom is 0.325 e. The number of benzene rings is 1. The van der Waals surface area contributed by atoms with Crippen LogP contribution < -0.4 is 10.9 Å². The van der Waals surface area contributed by atoms with Crippen molar-refractivity contribution < 1.29 is 14.3 Å². The number of nitrogens with one attached hydrogen (secondary N) is 2. The number of aromatic amines is 1. The van der Waals surface area contributed by atoms with Crippen LogP contribution in [0.3, 0.4) is 0 Å². The van der Waals surface area contributed by atoms with Crippen LogP contribution in [0.15, 0.2) is 35.1 Å². The van der Waals surface area contributed by atoms with E-state index < -0.39 is 5.97 Å². The molecular weight excluding hydrogens is 322 g/mol. The van der Waals surface area contributed by atoms with Gasteiger partial charge in [0.25, 0.3) is 5.56 Å². The van der Waals surface area contributed by atoms with Crippen molar-refractivity contribution in [1.82, 2.24) is 15.2 Å². The zero-order chi connectivity index (χ0) is 17.8. The number of hydrogen-bond donors (Lipinski definition) is 2. The molecule has 0 spiro atoms. The SMILES string of the molecule is COC(=O)CNC(=O)N1CCC(c2cc3ccccc3[nH]c2=O)CC1. The summed E-state index contributed by atoms with van der Waals surface area (Å²) >= 11 is 0. The number of para-hydroxylation sites is 1. The van der Waals surface area contributed by atoms with Gasteiger partial charge in [-0.15, -0.1) is 0 Å². The molecular formula is C18H21N3O4. The second kappa shape index (κ2) is 7.38. The number of fused-ring (bicyclic) bond motifs is 1. The van der Waals surface area contributed by atoms with Gasteiger partial charge in [-0.05, 0) is 36.3 Å². The minimum absolute atomic E-state index is 0.0627. The van der Waals surface area contributed by atoms with E-state index >= 15 is 0 Å². The summed E-state index contributed by atoms with van der Waals surface area (Å²) in [5, 5.41) is 3.55. The van der Waals surface area contributed by atoms with Crippen molar-refractivity contribution in [2.75, 3.05) is 26.7 Å². The highest BCUT2D eigenvalue weighted by molar-refractivity contribution is 5.81. The molecule has 0 unspecified atom stereocenters. The lowest BCUT2D eigenvalue weighted by molar-refractivity contribution is -0.139. The topological polar surface area (TPSA) is 91.5 Å². The fraction of sp³-hybridized carbons (Fsp3) is 0.389. The number of rotatable bonds is 3. The average molecular weight is 343 g/mol. The Kier molecular flexibility index (Phi) is 5.02. The van der Waals surface area contributed by atoms with Crippen molar-refractivity contribution in [2.24, 2.45) is 0 Å². The Balaban J connectivity index is 1.64. The molecule has 7 nitrogen and oxygen atoms in total. The van der Waals surface area contributed by atoms with Gasteiger partial charge in [-0.3, -0.25) is 9.59 Å². The summed E-state index contributed by atoms with van der Waals surface area (Å²) in [4.78, 5) is 40.1. The van der Waals surface area contributed by atoms with E-state index in [4.69, 9.17) is 0 Å². The molecule has 1 aromatic heterocycles. The smallest absolute Gasteiger partial charge is 0.325 e. The van der Waals surface area contributed by atoms with Crippen molar-refractivity contribution >= 4 is 22.9 Å². The highest BCUT2D eigenvalue weighted by Gasteiger charge is 2.25. The molecule has 0 saturated carbocycles. The molecule has 1 aliphatic heterocycles. The number of urea groups is 1. The highest BCUT2D eigenvalue weighted by Crippen LogP contribution is 2.27. The third kappa shape index (κ3) is 3.81. The van der Waals surface area contributed by atoms with Gasteiger partial charge < -0.3 is 19.9 Å². The predicted molar refractivity (Wildman–Crippen MR) is 93.5 cm³/mol. The summed E-state index contributed by atoms with van der Waals surface area (Å²) in [6.07, 6.45) is 1.43. The largest absolute Gasteiger partial charge is 0.468 e. The van der Waals surface area contributed by atoms with Gasteiger partial charge in [0.2, 0.25) is 0 Å². The number of hydrogen-bond acceptors (Lipinski definition) is 4. The fourth-order valence-electron chi connectivity index (χ4n) is 3.19. The van der Waals surface area contributed by atoms with Crippen molar-refractivity contribution in [1.29, 1.82) is 0 Å². The second-order valence-corrected chi connectivity index (χ2v) is 6.14. The zero-order valence-electron chi connectivity index (χ0n) is 14.1. The van der Waals surface area contributed by atoms with E-state index in [1.807, 2.05) is 30.3 Å². The number of nitrogens with zero attached hydrogens (tertiary/aromatic N) is 1. The molecule has 0 atom stereocenters. The van der Waals surface area contributed by atoms with Gasteiger partial charge in [0.05, 0.1) is 7.11 Å². The van der Waals surface area contributed by atoms with E-state index in [2.05, 4.69) is 15.0 Å². The molecule has 2 N–H and O–H groups in total. The summed E-state index contributed by atoms with van der Waals surface area (Å²) in [6, 6.07) is 9.36. The molecule has 1 saturated heterocycles. The monoisotopic (exact) mass is 343 g/mol. The number of piperidine rings is 1. The first kappa shape index (κ1) is 17.0. The molecule has 1 aliphatic rings. The van der Waals surface area contributed by atoms with E-state index in [0.717, 1.165) is 16.5 Å². The van der Waals surface area contributed by atoms with Gasteiger partial charge in [-0.2, -0.15) is 0 Å². The average Bonchev–Trinajstić information content (AvgIpc) is 2.65. The van der Waals surface area contributed by atoms with E-state index in [9.17, 15) is 14.4 Å². The standard InChI is InChI=1S/C18H21N3O4/c1-25-16(22)11-19-18(24)21-8-6-12(7-9-21)14-10-13-4-2-3-5-15(13)20-17(14)23/h2-5,10,12H,6-9,11H2,1H3,(H,19,24)(H,20,23). The number of aromatic nitrogens is 1. The number of H-pyrrole nitrogens is 1. The maximum atomic E-state index is 12.4. The summed E-state index contributed by atoms with van der Waals surface area (Å²) < 4.78 is 4.50. The molecule has 3 rings (SSSR count).